The summed E-state index contributed by atoms with van der Waals surface area (Å²) in [6.07, 6.45) is 6.85. The summed E-state index contributed by atoms with van der Waals surface area (Å²) in [6.45, 7) is 0. The monoisotopic (exact) mass is 398 g/mol. The summed E-state index contributed by atoms with van der Waals surface area (Å²) in [5.74, 6) is 0.266. The number of rotatable bonds is 5. The lowest BCUT2D eigenvalue weighted by molar-refractivity contribution is -0.117. The van der Waals surface area contributed by atoms with Crippen molar-refractivity contribution in [2.75, 3.05) is 10.6 Å². The number of pyridine rings is 2. The zero-order valence-electron chi connectivity index (χ0n) is 15.9. The highest BCUT2D eigenvalue weighted by Crippen LogP contribution is 2.31. The number of nitrogens with zero attached hydrogens (tertiary/aromatic N) is 3. The van der Waals surface area contributed by atoms with Crippen LogP contribution in [0.15, 0.2) is 61.1 Å². The molecule has 0 unspecified atom stereocenters. The van der Waals surface area contributed by atoms with Gasteiger partial charge >= 0.3 is 0 Å². The number of amides is 2. The molecule has 3 aromatic heterocycles. The molecule has 3 heterocycles. The van der Waals surface area contributed by atoms with Crippen LogP contribution in [0.1, 0.15) is 23.3 Å². The number of aromatic amines is 1. The summed E-state index contributed by atoms with van der Waals surface area (Å²) in [5.41, 5.74) is 3.39. The van der Waals surface area contributed by atoms with E-state index < -0.39 is 0 Å². The number of anilines is 2. The number of aromatic nitrogens is 4. The molecule has 0 atom stereocenters. The summed E-state index contributed by atoms with van der Waals surface area (Å²) in [4.78, 5) is 33.1. The minimum absolute atomic E-state index is 0.0349. The Hall–Kier alpha value is -4.07. The average Bonchev–Trinajstić information content (AvgIpc) is 3.54. The van der Waals surface area contributed by atoms with E-state index in [0.29, 0.717) is 16.9 Å². The van der Waals surface area contributed by atoms with Crippen molar-refractivity contribution in [1.82, 2.24) is 20.2 Å². The molecule has 8 heteroatoms. The second kappa shape index (κ2) is 7.40. The molecule has 2 amide bonds. The fourth-order valence-corrected chi connectivity index (χ4v) is 3.23. The number of nitrogens with one attached hydrogen (secondary N) is 3. The van der Waals surface area contributed by atoms with Crippen LogP contribution in [-0.4, -0.2) is 32.0 Å². The predicted molar refractivity (Wildman–Crippen MR) is 113 cm³/mol. The molecule has 8 nitrogen and oxygen atoms in total. The van der Waals surface area contributed by atoms with Gasteiger partial charge in [0, 0.05) is 29.3 Å². The van der Waals surface area contributed by atoms with Crippen molar-refractivity contribution < 1.29 is 9.59 Å². The maximum Gasteiger partial charge on any atom is 0.277 e. The third-order valence-corrected chi connectivity index (χ3v) is 4.97. The van der Waals surface area contributed by atoms with Crippen molar-refractivity contribution in [1.29, 1.82) is 0 Å². The SMILES string of the molecule is O=C(Nc1ccccn1)c1n[nH]c2ccc(-c3cncc(NC(=O)C4CC4)c3)cc12. The molecule has 5 rings (SSSR count). The number of carbonyl (C=O) groups excluding carboxylic acids is 2. The Balaban J connectivity index is 1.44. The van der Waals surface area contributed by atoms with Gasteiger partial charge in [0.2, 0.25) is 5.91 Å². The van der Waals surface area contributed by atoms with Crippen LogP contribution in [0.4, 0.5) is 11.5 Å². The van der Waals surface area contributed by atoms with E-state index in [9.17, 15) is 9.59 Å². The van der Waals surface area contributed by atoms with Crippen molar-refractivity contribution in [2.45, 2.75) is 12.8 Å². The average molecular weight is 398 g/mol. The summed E-state index contributed by atoms with van der Waals surface area (Å²) < 4.78 is 0. The Labute approximate surface area is 171 Å². The van der Waals surface area contributed by atoms with Gasteiger partial charge in [-0.2, -0.15) is 5.10 Å². The van der Waals surface area contributed by atoms with Crippen molar-refractivity contribution >= 4 is 34.2 Å². The van der Waals surface area contributed by atoms with Crippen LogP contribution < -0.4 is 10.6 Å². The molecular formula is C22H18N6O2. The molecule has 0 spiro atoms. The molecule has 1 aliphatic rings. The molecule has 148 valence electrons. The number of carbonyl (C=O) groups is 2. The van der Waals surface area contributed by atoms with Gasteiger partial charge in [0.05, 0.1) is 17.4 Å². The van der Waals surface area contributed by atoms with E-state index in [0.717, 1.165) is 29.5 Å². The van der Waals surface area contributed by atoms with E-state index in [1.807, 2.05) is 24.3 Å². The molecule has 30 heavy (non-hydrogen) atoms. The number of hydrogen-bond acceptors (Lipinski definition) is 5. The lowest BCUT2D eigenvalue weighted by atomic mass is 10.0. The van der Waals surface area contributed by atoms with Crippen molar-refractivity contribution in [3.8, 4) is 11.1 Å². The van der Waals surface area contributed by atoms with E-state index in [2.05, 4.69) is 30.8 Å². The summed E-state index contributed by atoms with van der Waals surface area (Å²) in [6, 6.07) is 12.8. The third kappa shape index (κ3) is 3.62. The van der Waals surface area contributed by atoms with E-state index in [1.165, 1.54) is 0 Å². The van der Waals surface area contributed by atoms with Gasteiger partial charge in [-0.15, -0.1) is 0 Å². The summed E-state index contributed by atoms with van der Waals surface area (Å²) in [5, 5.41) is 13.4. The molecular weight excluding hydrogens is 380 g/mol. The quantitative estimate of drug-likeness (QED) is 0.475. The molecule has 0 aliphatic heterocycles. The zero-order chi connectivity index (χ0) is 20.5. The van der Waals surface area contributed by atoms with Crippen LogP contribution in [0.25, 0.3) is 22.0 Å². The van der Waals surface area contributed by atoms with Gasteiger partial charge in [-0.1, -0.05) is 12.1 Å². The first kappa shape index (κ1) is 18.0. The summed E-state index contributed by atoms with van der Waals surface area (Å²) in [7, 11) is 0. The van der Waals surface area contributed by atoms with E-state index >= 15 is 0 Å². The number of hydrogen-bond donors (Lipinski definition) is 3. The van der Waals surface area contributed by atoms with Gasteiger partial charge in [0.1, 0.15) is 5.82 Å². The molecule has 0 radical (unpaired) electrons. The highest BCUT2D eigenvalue weighted by Gasteiger charge is 2.29. The Morgan fingerprint density at radius 3 is 2.70 bits per heavy atom. The molecule has 3 N–H and O–H groups in total. The molecule has 1 aromatic carbocycles. The summed E-state index contributed by atoms with van der Waals surface area (Å²) >= 11 is 0. The zero-order valence-corrected chi connectivity index (χ0v) is 15.9. The fourth-order valence-electron chi connectivity index (χ4n) is 3.23. The van der Waals surface area contributed by atoms with Crippen LogP contribution >= 0.6 is 0 Å². The first-order valence-corrected chi connectivity index (χ1v) is 9.64. The molecule has 0 saturated heterocycles. The molecule has 4 aromatic rings. The van der Waals surface area contributed by atoms with E-state index in [1.54, 1.807) is 36.8 Å². The van der Waals surface area contributed by atoms with Crippen LogP contribution in [0.2, 0.25) is 0 Å². The number of fused-ring (bicyclic) bond motifs is 1. The van der Waals surface area contributed by atoms with Crippen LogP contribution in [-0.2, 0) is 4.79 Å². The largest absolute Gasteiger partial charge is 0.324 e. The van der Waals surface area contributed by atoms with Crippen LogP contribution in [0.3, 0.4) is 0 Å². The van der Waals surface area contributed by atoms with Gasteiger partial charge in [0.15, 0.2) is 5.69 Å². The highest BCUT2D eigenvalue weighted by molar-refractivity contribution is 6.11. The fraction of sp³-hybridized carbons (Fsp3) is 0.136. The highest BCUT2D eigenvalue weighted by atomic mass is 16.2. The number of H-pyrrole nitrogens is 1. The third-order valence-electron chi connectivity index (χ3n) is 4.97. The molecule has 0 bridgehead atoms. The normalized spacial score (nSPS) is 13.2. The van der Waals surface area contributed by atoms with Crippen LogP contribution in [0, 0.1) is 5.92 Å². The van der Waals surface area contributed by atoms with Crippen molar-refractivity contribution in [3.05, 3.63) is 66.7 Å². The smallest absolute Gasteiger partial charge is 0.277 e. The first-order chi connectivity index (χ1) is 14.7. The van der Waals surface area contributed by atoms with E-state index in [-0.39, 0.29) is 23.4 Å². The Morgan fingerprint density at radius 1 is 1.00 bits per heavy atom. The topological polar surface area (TPSA) is 113 Å². The maximum atomic E-state index is 12.7. The van der Waals surface area contributed by atoms with Crippen molar-refractivity contribution in [3.63, 3.8) is 0 Å². The molecule has 1 aliphatic carbocycles. The first-order valence-electron chi connectivity index (χ1n) is 9.64. The molecule has 1 saturated carbocycles. The Bertz CT molecular complexity index is 1250. The standard InChI is InChI=1S/C22H18N6O2/c29-21(13-4-5-13)25-16-9-15(11-23-12-16)14-6-7-18-17(10-14)20(28-27-18)22(30)26-19-3-1-2-8-24-19/h1-3,6-13H,4-5H2,(H,25,29)(H,27,28)(H,24,26,30). The maximum absolute atomic E-state index is 12.7. The second-order valence-corrected chi connectivity index (χ2v) is 7.23. The Morgan fingerprint density at radius 2 is 1.90 bits per heavy atom. The predicted octanol–water partition coefficient (Wildman–Crippen LogP) is 3.62. The second-order valence-electron chi connectivity index (χ2n) is 7.23. The van der Waals surface area contributed by atoms with Gasteiger partial charge in [-0.3, -0.25) is 19.7 Å². The van der Waals surface area contributed by atoms with Gasteiger partial charge in [-0.25, -0.2) is 4.98 Å². The van der Waals surface area contributed by atoms with Gasteiger partial charge in [-0.05, 0) is 48.7 Å². The van der Waals surface area contributed by atoms with E-state index in [4.69, 9.17) is 0 Å². The minimum atomic E-state index is -0.347. The molecule has 1 fully saturated rings. The Kier molecular flexibility index (Phi) is 4.44. The number of benzene rings is 1. The minimum Gasteiger partial charge on any atom is -0.324 e. The van der Waals surface area contributed by atoms with Crippen molar-refractivity contribution in [2.24, 2.45) is 5.92 Å². The van der Waals surface area contributed by atoms with Crippen LogP contribution in [0.5, 0.6) is 0 Å². The lowest BCUT2D eigenvalue weighted by Gasteiger charge is -2.07. The van der Waals surface area contributed by atoms with Gasteiger partial charge in [0.25, 0.3) is 5.91 Å². The lowest BCUT2D eigenvalue weighted by Crippen LogP contribution is -2.13. The van der Waals surface area contributed by atoms with Gasteiger partial charge < -0.3 is 10.6 Å².